The van der Waals surface area contributed by atoms with Crippen LogP contribution in [0.2, 0.25) is 0 Å². The minimum absolute atomic E-state index is 0.393. The average Bonchev–Trinajstić information content (AvgIpc) is 3.02. The van der Waals surface area contributed by atoms with Crippen molar-refractivity contribution >= 4 is 16.9 Å². The molecule has 2 aromatic carbocycles. The highest BCUT2D eigenvalue weighted by Gasteiger charge is 2.16. The molecule has 0 bridgehead atoms. The van der Waals surface area contributed by atoms with E-state index in [-0.39, 0.29) is 0 Å². The fourth-order valence-electron chi connectivity index (χ4n) is 2.17. The lowest BCUT2D eigenvalue weighted by molar-refractivity contribution is 0.0601. The molecule has 0 aliphatic heterocycles. The zero-order valence-corrected chi connectivity index (χ0v) is 11.5. The van der Waals surface area contributed by atoms with Crippen LogP contribution in [0, 0.1) is 0 Å². The van der Waals surface area contributed by atoms with Crippen LogP contribution in [-0.2, 0) is 11.3 Å². The van der Waals surface area contributed by atoms with Crippen molar-refractivity contribution in [3.8, 4) is 5.75 Å². The van der Waals surface area contributed by atoms with E-state index in [1.807, 2.05) is 30.3 Å². The number of rotatable bonds is 4. The van der Waals surface area contributed by atoms with Gasteiger partial charge in [0.05, 0.1) is 18.8 Å². The molecule has 1 heterocycles. The molecular formula is C17H14O4. The summed E-state index contributed by atoms with van der Waals surface area (Å²) in [5.41, 5.74) is 1.95. The van der Waals surface area contributed by atoms with Crippen molar-refractivity contribution in [1.29, 1.82) is 0 Å². The van der Waals surface area contributed by atoms with Gasteiger partial charge in [0.1, 0.15) is 17.9 Å². The van der Waals surface area contributed by atoms with Crippen LogP contribution >= 0.6 is 0 Å². The lowest BCUT2D eigenvalue weighted by atomic mass is 10.1. The van der Waals surface area contributed by atoms with E-state index in [0.29, 0.717) is 23.5 Å². The van der Waals surface area contributed by atoms with Gasteiger partial charge in [-0.05, 0) is 23.8 Å². The van der Waals surface area contributed by atoms with Crippen LogP contribution in [-0.4, -0.2) is 13.1 Å². The van der Waals surface area contributed by atoms with Crippen LogP contribution in [0.3, 0.4) is 0 Å². The predicted molar refractivity (Wildman–Crippen MR) is 78.3 cm³/mol. The van der Waals surface area contributed by atoms with E-state index < -0.39 is 5.97 Å². The van der Waals surface area contributed by atoms with Gasteiger partial charge < -0.3 is 13.9 Å². The first-order valence-electron chi connectivity index (χ1n) is 6.55. The van der Waals surface area contributed by atoms with Gasteiger partial charge in [-0.15, -0.1) is 0 Å². The Balaban J connectivity index is 1.90. The van der Waals surface area contributed by atoms with Gasteiger partial charge in [0.15, 0.2) is 5.58 Å². The molecule has 4 nitrogen and oxygen atoms in total. The van der Waals surface area contributed by atoms with Crippen molar-refractivity contribution in [3.05, 3.63) is 65.9 Å². The molecule has 0 unspecified atom stereocenters. The van der Waals surface area contributed by atoms with Crippen LogP contribution in [0.25, 0.3) is 11.0 Å². The van der Waals surface area contributed by atoms with Crippen molar-refractivity contribution in [3.63, 3.8) is 0 Å². The fourth-order valence-corrected chi connectivity index (χ4v) is 2.17. The van der Waals surface area contributed by atoms with Crippen molar-refractivity contribution in [2.45, 2.75) is 6.61 Å². The molecule has 0 radical (unpaired) electrons. The summed E-state index contributed by atoms with van der Waals surface area (Å²) in [6, 6.07) is 15.1. The minimum Gasteiger partial charge on any atom is -0.488 e. The van der Waals surface area contributed by atoms with Gasteiger partial charge in [-0.2, -0.15) is 0 Å². The van der Waals surface area contributed by atoms with Crippen molar-refractivity contribution in [2.75, 3.05) is 7.11 Å². The molecule has 3 rings (SSSR count). The Morgan fingerprint density at radius 1 is 1.10 bits per heavy atom. The molecule has 21 heavy (non-hydrogen) atoms. The molecule has 0 saturated heterocycles. The van der Waals surface area contributed by atoms with Gasteiger partial charge in [-0.3, -0.25) is 0 Å². The third kappa shape index (κ3) is 2.60. The van der Waals surface area contributed by atoms with E-state index in [2.05, 4.69) is 0 Å². The van der Waals surface area contributed by atoms with Gasteiger partial charge in [0, 0.05) is 0 Å². The molecule has 1 aromatic heterocycles. The Labute approximate surface area is 121 Å². The maximum atomic E-state index is 11.7. The number of methoxy groups -OCH3 is 1. The topological polar surface area (TPSA) is 48.7 Å². The monoisotopic (exact) mass is 282 g/mol. The number of carbonyl (C=O) groups is 1. The fraction of sp³-hybridized carbons (Fsp3) is 0.118. The van der Waals surface area contributed by atoms with Crippen molar-refractivity contribution in [1.82, 2.24) is 0 Å². The first-order chi connectivity index (χ1) is 10.3. The second-order valence-corrected chi connectivity index (χ2v) is 4.54. The number of hydrogen-bond acceptors (Lipinski definition) is 4. The molecule has 0 fully saturated rings. The zero-order chi connectivity index (χ0) is 14.7. The molecule has 0 saturated carbocycles. The maximum Gasteiger partial charge on any atom is 0.341 e. The molecule has 3 aromatic rings. The number of esters is 1. The lowest BCUT2D eigenvalue weighted by Gasteiger charge is -2.08. The van der Waals surface area contributed by atoms with E-state index in [1.54, 1.807) is 18.2 Å². The summed E-state index contributed by atoms with van der Waals surface area (Å²) in [5, 5.41) is 0.758. The summed E-state index contributed by atoms with van der Waals surface area (Å²) in [5.74, 6) is 0.250. The van der Waals surface area contributed by atoms with Crippen LogP contribution in [0.15, 0.2) is 59.2 Å². The zero-order valence-electron chi connectivity index (χ0n) is 11.5. The third-order valence-electron chi connectivity index (χ3n) is 3.22. The van der Waals surface area contributed by atoms with Crippen LogP contribution in [0.4, 0.5) is 0 Å². The van der Waals surface area contributed by atoms with Crippen LogP contribution in [0.5, 0.6) is 5.75 Å². The number of ether oxygens (including phenoxy) is 2. The molecule has 0 amide bonds. The Bertz CT molecular complexity index is 759. The Hall–Kier alpha value is -2.75. The first kappa shape index (κ1) is 13.2. The highest BCUT2D eigenvalue weighted by Crippen LogP contribution is 2.30. The summed E-state index contributed by atoms with van der Waals surface area (Å²) in [6.45, 7) is 0.457. The van der Waals surface area contributed by atoms with E-state index in [9.17, 15) is 4.79 Å². The SMILES string of the molecule is COC(=O)c1ccc(OCc2ccccc2)c2ccoc12. The summed E-state index contributed by atoms with van der Waals surface area (Å²) in [4.78, 5) is 11.7. The van der Waals surface area contributed by atoms with Gasteiger partial charge in [0.2, 0.25) is 0 Å². The van der Waals surface area contributed by atoms with E-state index in [4.69, 9.17) is 13.9 Å². The third-order valence-corrected chi connectivity index (χ3v) is 3.22. The van der Waals surface area contributed by atoms with Crippen LogP contribution in [0.1, 0.15) is 15.9 Å². The summed E-state index contributed by atoms with van der Waals surface area (Å²) >= 11 is 0. The largest absolute Gasteiger partial charge is 0.488 e. The van der Waals surface area contributed by atoms with Gasteiger partial charge >= 0.3 is 5.97 Å². The minimum atomic E-state index is -0.426. The highest BCUT2D eigenvalue weighted by molar-refractivity contribution is 6.03. The Morgan fingerprint density at radius 3 is 2.67 bits per heavy atom. The standard InChI is InChI=1S/C17H14O4/c1-19-17(18)14-7-8-15(13-9-10-20-16(13)14)21-11-12-5-3-2-4-6-12/h2-10H,11H2,1H3. The summed E-state index contributed by atoms with van der Waals surface area (Å²) in [6.07, 6.45) is 1.53. The maximum absolute atomic E-state index is 11.7. The number of furan rings is 1. The number of benzene rings is 2. The second-order valence-electron chi connectivity index (χ2n) is 4.54. The Morgan fingerprint density at radius 2 is 1.90 bits per heavy atom. The molecule has 0 atom stereocenters. The van der Waals surface area contributed by atoms with Crippen molar-refractivity contribution in [2.24, 2.45) is 0 Å². The van der Waals surface area contributed by atoms with Gasteiger partial charge in [-0.25, -0.2) is 4.79 Å². The first-order valence-corrected chi connectivity index (χ1v) is 6.55. The summed E-state index contributed by atoms with van der Waals surface area (Å²) < 4.78 is 15.9. The molecular weight excluding hydrogens is 268 g/mol. The molecule has 0 aliphatic carbocycles. The van der Waals surface area contributed by atoms with E-state index in [0.717, 1.165) is 10.9 Å². The number of hydrogen-bond donors (Lipinski definition) is 0. The second kappa shape index (κ2) is 5.71. The van der Waals surface area contributed by atoms with Gasteiger partial charge in [0.25, 0.3) is 0 Å². The Kier molecular flexibility index (Phi) is 3.60. The normalized spacial score (nSPS) is 10.5. The smallest absolute Gasteiger partial charge is 0.341 e. The lowest BCUT2D eigenvalue weighted by Crippen LogP contribution is -2.02. The number of fused-ring (bicyclic) bond motifs is 1. The van der Waals surface area contributed by atoms with Crippen molar-refractivity contribution < 1.29 is 18.7 Å². The van der Waals surface area contributed by atoms with Gasteiger partial charge in [-0.1, -0.05) is 30.3 Å². The molecule has 0 spiro atoms. The number of carbonyl (C=O) groups excluding carboxylic acids is 1. The molecule has 0 N–H and O–H groups in total. The highest BCUT2D eigenvalue weighted by atomic mass is 16.5. The predicted octanol–water partition coefficient (Wildman–Crippen LogP) is 3.80. The average molecular weight is 282 g/mol. The molecule has 106 valence electrons. The van der Waals surface area contributed by atoms with Crippen LogP contribution < -0.4 is 4.74 Å². The molecule has 4 heteroatoms. The van der Waals surface area contributed by atoms with E-state index >= 15 is 0 Å². The quantitative estimate of drug-likeness (QED) is 0.683. The molecule has 0 aliphatic rings. The van der Waals surface area contributed by atoms with E-state index in [1.165, 1.54) is 13.4 Å². The summed E-state index contributed by atoms with van der Waals surface area (Å²) in [7, 11) is 1.34.